The van der Waals surface area contributed by atoms with Gasteiger partial charge in [0, 0.05) is 18.0 Å². The topological polar surface area (TPSA) is 3.24 Å². The number of fused-ring (bicyclic) bond motifs is 2. The molecule has 0 saturated carbocycles. The molecule has 2 heteroatoms. The fourth-order valence-electron chi connectivity index (χ4n) is 4.75. The molecular formula is C21H26ClN. The summed E-state index contributed by atoms with van der Waals surface area (Å²) in [5.41, 5.74) is 4.41. The van der Waals surface area contributed by atoms with Crippen LogP contribution in [-0.2, 0) is 0 Å². The zero-order valence-corrected chi connectivity index (χ0v) is 14.8. The second-order valence-corrected chi connectivity index (χ2v) is 7.15. The average molecular weight is 328 g/mol. The minimum atomic E-state index is 0. The van der Waals surface area contributed by atoms with E-state index < -0.39 is 0 Å². The van der Waals surface area contributed by atoms with Gasteiger partial charge in [-0.05, 0) is 50.3 Å². The molecule has 0 amide bonds. The summed E-state index contributed by atoms with van der Waals surface area (Å²) < 4.78 is 0. The number of hydrogen-bond donors (Lipinski definition) is 0. The third-order valence-corrected chi connectivity index (χ3v) is 5.96. The molecule has 0 radical (unpaired) electrons. The van der Waals surface area contributed by atoms with Crippen LogP contribution in [0.2, 0.25) is 0 Å². The lowest BCUT2D eigenvalue weighted by Gasteiger charge is -2.43. The molecule has 4 atom stereocenters. The van der Waals surface area contributed by atoms with Crippen molar-refractivity contribution in [2.75, 3.05) is 7.05 Å². The molecule has 2 fully saturated rings. The fraction of sp³-hybridized carbons (Fsp3) is 0.429. The largest absolute Gasteiger partial charge is 0.300 e. The van der Waals surface area contributed by atoms with Crippen LogP contribution in [0.15, 0.2) is 54.6 Å². The van der Waals surface area contributed by atoms with E-state index in [9.17, 15) is 0 Å². The molecule has 0 aliphatic carbocycles. The SMILES string of the molecule is Cc1ccc([C@H]2[C@@H](c3ccccc3)C[C@@H]3CC[C@H]2N3C)cc1.Cl. The highest BCUT2D eigenvalue weighted by Crippen LogP contribution is 2.50. The van der Waals surface area contributed by atoms with Crippen molar-refractivity contribution in [1.29, 1.82) is 0 Å². The predicted molar refractivity (Wildman–Crippen MR) is 99.5 cm³/mol. The van der Waals surface area contributed by atoms with Crippen molar-refractivity contribution in [3.05, 3.63) is 71.3 Å². The smallest absolute Gasteiger partial charge is 0.0170 e. The predicted octanol–water partition coefficient (Wildman–Crippen LogP) is 5.15. The molecule has 2 aromatic carbocycles. The Morgan fingerprint density at radius 3 is 2.26 bits per heavy atom. The van der Waals surface area contributed by atoms with E-state index in [0.29, 0.717) is 17.9 Å². The van der Waals surface area contributed by atoms with Gasteiger partial charge in [0.2, 0.25) is 0 Å². The highest BCUT2D eigenvalue weighted by molar-refractivity contribution is 5.85. The van der Waals surface area contributed by atoms with Crippen molar-refractivity contribution >= 4 is 12.4 Å². The highest BCUT2D eigenvalue weighted by atomic mass is 35.5. The summed E-state index contributed by atoms with van der Waals surface area (Å²) in [6.07, 6.45) is 4.02. The van der Waals surface area contributed by atoms with E-state index in [-0.39, 0.29) is 12.4 Å². The number of rotatable bonds is 2. The third kappa shape index (κ3) is 2.93. The molecule has 0 unspecified atom stereocenters. The van der Waals surface area contributed by atoms with Crippen LogP contribution in [0, 0.1) is 6.92 Å². The summed E-state index contributed by atoms with van der Waals surface area (Å²) in [4.78, 5) is 2.66. The van der Waals surface area contributed by atoms with Gasteiger partial charge in [0.05, 0.1) is 0 Å². The molecule has 2 aliphatic heterocycles. The first-order valence-electron chi connectivity index (χ1n) is 8.57. The number of piperidine rings is 1. The number of benzene rings is 2. The molecule has 0 spiro atoms. The Morgan fingerprint density at radius 2 is 1.57 bits per heavy atom. The molecule has 2 aliphatic rings. The average Bonchev–Trinajstić information content (AvgIpc) is 2.79. The van der Waals surface area contributed by atoms with Gasteiger partial charge in [0.25, 0.3) is 0 Å². The zero-order valence-electron chi connectivity index (χ0n) is 14.0. The van der Waals surface area contributed by atoms with Crippen molar-refractivity contribution in [2.45, 2.75) is 50.1 Å². The van der Waals surface area contributed by atoms with Crippen LogP contribution in [0.5, 0.6) is 0 Å². The van der Waals surface area contributed by atoms with Crippen LogP contribution < -0.4 is 0 Å². The Kier molecular flexibility index (Phi) is 4.79. The Morgan fingerprint density at radius 1 is 0.870 bits per heavy atom. The lowest BCUT2D eigenvalue weighted by Crippen LogP contribution is -2.44. The van der Waals surface area contributed by atoms with Gasteiger partial charge in [-0.1, -0.05) is 60.2 Å². The number of hydrogen-bond acceptors (Lipinski definition) is 1. The molecule has 122 valence electrons. The van der Waals surface area contributed by atoms with Gasteiger partial charge in [-0.3, -0.25) is 4.90 Å². The molecule has 2 heterocycles. The Bertz CT molecular complexity index is 637. The van der Waals surface area contributed by atoms with Gasteiger partial charge in [-0.25, -0.2) is 0 Å². The maximum Gasteiger partial charge on any atom is 0.0170 e. The number of halogens is 1. The Balaban J connectivity index is 0.00000156. The molecule has 0 N–H and O–H groups in total. The summed E-state index contributed by atoms with van der Waals surface area (Å²) in [6, 6.07) is 21.9. The molecule has 2 bridgehead atoms. The van der Waals surface area contributed by atoms with E-state index in [1.165, 1.54) is 36.0 Å². The normalized spacial score (nSPS) is 30.0. The van der Waals surface area contributed by atoms with Crippen LogP contribution in [0.25, 0.3) is 0 Å². The minimum absolute atomic E-state index is 0. The zero-order chi connectivity index (χ0) is 15.1. The highest BCUT2D eigenvalue weighted by Gasteiger charge is 2.46. The molecule has 23 heavy (non-hydrogen) atoms. The first-order chi connectivity index (χ1) is 10.7. The van der Waals surface area contributed by atoms with Crippen LogP contribution in [-0.4, -0.2) is 24.0 Å². The summed E-state index contributed by atoms with van der Waals surface area (Å²) >= 11 is 0. The lowest BCUT2D eigenvalue weighted by atomic mass is 9.73. The first kappa shape index (κ1) is 16.5. The maximum absolute atomic E-state index is 2.66. The Hall–Kier alpha value is -1.31. The first-order valence-corrected chi connectivity index (χ1v) is 8.57. The van der Waals surface area contributed by atoms with Crippen LogP contribution in [0.1, 0.15) is 47.8 Å². The number of nitrogens with zero attached hydrogens (tertiary/aromatic N) is 1. The van der Waals surface area contributed by atoms with E-state index in [4.69, 9.17) is 0 Å². The lowest BCUT2D eigenvalue weighted by molar-refractivity contribution is 0.137. The molecule has 2 aromatic rings. The molecule has 4 rings (SSSR count). The van der Waals surface area contributed by atoms with E-state index in [1.54, 1.807) is 0 Å². The quantitative estimate of drug-likeness (QED) is 0.737. The standard InChI is InChI=1S/C21H25N.ClH/c1-15-8-10-17(11-9-15)21-19(16-6-4-3-5-7-16)14-18-12-13-20(21)22(18)2;/h3-11,18-21H,12-14H2,1-2H3;1H/t18-,19+,20+,21-;/m0./s1. The van der Waals surface area contributed by atoms with Gasteiger partial charge in [0.1, 0.15) is 0 Å². The second-order valence-electron chi connectivity index (χ2n) is 7.15. The van der Waals surface area contributed by atoms with E-state index >= 15 is 0 Å². The van der Waals surface area contributed by atoms with Gasteiger partial charge in [0.15, 0.2) is 0 Å². The minimum Gasteiger partial charge on any atom is -0.300 e. The molecular weight excluding hydrogens is 302 g/mol. The Labute approximate surface area is 146 Å². The van der Waals surface area contributed by atoms with Gasteiger partial charge >= 0.3 is 0 Å². The monoisotopic (exact) mass is 327 g/mol. The second kappa shape index (κ2) is 6.67. The van der Waals surface area contributed by atoms with Crippen molar-refractivity contribution in [2.24, 2.45) is 0 Å². The van der Waals surface area contributed by atoms with E-state index in [1.807, 2.05) is 0 Å². The third-order valence-electron chi connectivity index (χ3n) is 5.96. The van der Waals surface area contributed by atoms with Crippen molar-refractivity contribution in [1.82, 2.24) is 4.90 Å². The maximum atomic E-state index is 2.66. The molecule has 2 saturated heterocycles. The van der Waals surface area contributed by atoms with Crippen LogP contribution in [0.3, 0.4) is 0 Å². The van der Waals surface area contributed by atoms with Crippen molar-refractivity contribution in [3.63, 3.8) is 0 Å². The van der Waals surface area contributed by atoms with Crippen LogP contribution in [0.4, 0.5) is 0 Å². The fourth-order valence-corrected chi connectivity index (χ4v) is 4.75. The van der Waals surface area contributed by atoms with Crippen molar-refractivity contribution < 1.29 is 0 Å². The van der Waals surface area contributed by atoms with Gasteiger partial charge in [-0.15, -0.1) is 12.4 Å². The summed E-state index contributed by atoms with van der Waals surface area (Å²) in [6.45, 7) is 2.18. The van der Waals surface area contributed by atoms with E-state index in [0.717, 1.165) is 6.04 Å². The van der Waals surface area contributed by atoms with Gasteiger partial charge < -0.3 is 0 Å². The number of aryl methyl sites for hydroxylation is 1. The molecule has 0 aromatic heterocycles. The molecule has 1 nitrogen and oxygen atoms in total. The van der Waals surface area contributed by atoms with Gasteiger partial charge in [-0.2, -0.15) is 0 Å². The van der Waals surface area contributed by atoms with Crippen molar-refractivity contribution in [3.8, 4) is 0 Å². The summed E-state index contributed by atoms with van der Waals surface area (Å²) in [5.74, 6) is 1.30. The summed E-state index contributed by atoms with van der Waals surface area (Å²) in [7, 11) is 2.34. The van der Waals surface area contributed by atoms with E-state index in [2.05, 4.69) is 73.5 Å². The summed E-state index contributed by atoms with van der Waals surface area (Å²) in [5, 5.41) is 0. The van der Waals surface area contributed by atoms with Crippen LogP contribution >= 0.6 is 12.4 Å². The number of likely N-dealkylation sites (N-methyl/N-ethyl adjacent to an activating group) is 1.